The Morgan fingerprint density at radius 1 is 1.33 bits per heavy atom. The quantitative estimate of drug-likeness (QED) is 0.498. The zero-order valence-corrected chi connectivity index (χ0v) is 5.26. The molecular weight excluding hydrogens is 119 g/mol. The molecule has 0 aromatic rings. The van der Waals surface area contributed by atoms with Crippen LogP contribution >= 0.6 is 23.2 Å². The Morgan fingerprint density at radius 3 is 1.67 bits per heavy atom. The monoisotopic (exact) mass is 126 g/mol. The molecule has 0 N–H and O–H groups in total. The van der Waals surface area contributed by atoms with E-state index >= 15 is 0 Å². The molecule has 0 amide bonds. The van der Waals surface area contributed by atoms with Crippen LogP contribution in [0, 0.1) is 5.92 Å². The van der Waals surface area contributed by atoms with Crippen molar-refractivity contribution in [1.29, 1.82) is 0 Å². The topological polar surface area (TPSA) is 0 Å². The largest absolute Gasteiger partial charge is 0.126 e. The van der Waals surface area contributed by atoms with Crippen molar-refractivity contribution in [2.24, 2.45) is 5.92 Å². The molecule has 0 unspecified atom stereocenters. The van der Waals surface area contributed by atoms with Crippen molar-refractivity contribution in [3.05, 3.63) is 0 Å². The zero-order chi connectivity index (χ0) is 4.99. The second kappa shape index (κ2) is 3.76. The molecule has 0 aliphatic rings. The van der Waals surface area contributed by atoms with Crippen LogP contribution in [0.25, 0.3) is 0 Å². The normalized spacial score (nSPS) is 10.0. The SMILES string of the molecule is CC(CCl)CCl. The van der Waals surface area contributed by atoms with Crippen molar-refractivity contribution in [2.75, 3.05) is 11.8 Å². The van der Waals surface area contributed by atoms with E-state index in [1.807, 2.05) is 6.92 Å². The number of rotatable bonds is 2. The van der Waals surface area contributed by atoms with Gasteiger partial charge in [-0.3, -0.25) is 0 Å². The van der Waals surface area contributed by atoms with Crippen LogP contribution in [0.2, 0.25) is 0 Å². The smallest absolute Gasteiger partial charge is 0.0260 e. The Labute approximate surface area is 48.4 Å². The molecule has 0 aliphatic heterocycles. The molecular formula is C4H8Cl2. The minimum absolute atomic E-state index is 0.466. The van der Waals surface area contributed by atoms with Gasteiger partial charge in [-0.25, -0.2) is 0 Å². The molecule has 0 spiro atoms. The van der Waals surface area contributed by atoms with Crippen LogP contribution in [0.5, 0.6) is 0 Å². The highest BCUT2D eigenvalue weighted by molar-refractivity contribution is 6.20. The fraction of sp³-hybridized carbons (Fsp3) is 1.00. The van der Waals surface area contributed by atoms with Crippen molar-refractivity contribution in [3.63, 3.8) is 0 Å². The van der Waals surface area contributed by atoms with Crippen LogP contribution < -0.4 is 0 Å². The summed E-state index contributed by atoms with van der Waals surface area (Å²) in [6.45, 7) is 2.01. The first-order chi connectivity index (χ1) is 2.81. The van der Waals surface area contributed by atoms with Gasteiger partial charge in [0.2, 0.25) is 0 Å². The van der Waals surface area contributed by atoms with Crippen LogP contribution in [0.3, 0.4) is 0 Å². The molecule has 0 nitrogen and oxygen atoms in total. The van der Waals surface area contributed by atoms with Gasteiger partial charge in [-0.05, 0) is 5.92 Å². The third-order valence-corrected chi connectivity index (χ3v) is 1.58. The maximum atomic E-state index is 5.37. The molecule has 2 heteroatoms. The molecule has 38 valence electrons. The van der Waals surface area contributed by atoms with Gasteiger partial charge in [0.1, 0.15) is 0 Å². The van der Waals surface area contributed by atoms with Gasteiger partial charge < -0.3 is 0 Å². The second-order valence-corrected chi connectivity index (χ2v) is 2.03. The van der Waals surface area contributed by atoms with E-state index in [0.29, 0.717) is 17.7 Å². The van der Waals surface area contributed by atoms with Gasteiger partial charge >= 0.3 is 0 Å². The molecule has 0 aliphatic carbocycles. The van der Waals surface area contributed by atoms with Gasteiger partial charge in [0.05, 0.1) is 0 Å². The summed E-state index contributed by atoms with van der Waals surface area (Å²) in [5.41, 5.74) is 0. The summed E-state index contributed by atoms with van der Waals surface area (Å²) in [5.74, 6) is 1.81. The molecule has 0 aromatic heterocycles. The maximum absolute atomic E-state index is 5.37. The lowest BCUT2D eigenvalue weighted by Gasteiger charge is -1.95. The van der Waals surface area contributed by atoms with E-state index < -0.39 is 0 Å². The summed E-state index contributed by atoms with van der Waals surface area (Å²) < 4.78 is 0. The fourth-order valence-electron chi connectivity index (χ4n) is 0.0412. The molecule has 0 rings (SSSR count). The molecule has 0 saturated carbocycles. The van der Waals surface area contributed by atoms with Gasteiger partial charge in [-0.1, -0.05) is 6.92 Å². The molecule has 0 atom stereocenters. The molecule has 0 heterocycles. The Balaban J connectivity index is 2.75. The van der Waals surface area contributed by atoms with Gasteiger partial charge in [0.25, 0.3) is 0 Å². The zero-order valence-electron chi connectivity index (χ0n) is 3.75. The van der Waals surface area contributed by atoms with Crippen LogP contribution in [-0.4, -0.2) is 11.8 Å². The van der Waals surface area contributed by atoms with Crippen LogP contribution in [0.15, 0.2) is 0 Å². The summed E-state index contributed by atoms with van der Waals surface area (Å²) in [5, 5.41) is 0. The van der Waals surface area contributed by atoms with E-state index in [1.54, 1.807) is 0 Å². The maximum Gasteiger partial charge on any atom is 0.0260 e. The summed E-state index contributed by atoms with van der Waals surface area (Å²) in [6.07, 6.45) is 0. The van der Waals surface area contributed by atoms with Gasteiger partial charge in [0, 0.05) is 11.8 Å². The first-order valence-electron chi connectivity index (χ1n) is 1.93. The number of hydrogen-bond acceptors (Lipinski definition) is 0. The molecule has 0 bridgehead atoms. The van der Waals surface area contributed by atoms with Crippen molar-refractivity contribution >= 4 is 23.2 Å². The standard InChI is InChI=1S/C4H8Cl2/c1-4(2-5)3-6/h4H,2-3H2,1H3. The van der Waals surface area contributed by atoms with Crippen LogP contribution in [0.4, 0.5) is 0 Å². The Bertz CT molecular complexity index is 24.7. The molecule has 0 radical (unpaired) electrons. The van der Waals surface area contributed by atoms with Gasteiger partial charge in [0.15, 0.2) is 0 Å². The van der Waals surface area contributed by atoms with Crippen molar-refractivity contribution < 1.29 is 0 Å². The van der Waals surface area contributed by atoms with Crippen LogP contribution in [-0.2, 0) is 0 Å². The summed E-state index contributed by atoms with van der Waals surface area (Å²) in [7, 11) is 0. The predicted molar refractivity (Wildman–Crippen MR) is 30.6 cm³/mol. The van der Waals surface area contributed by atoms with Gasteiger partial charge in [-0.15, -0.1) is 23.2 Å². The highest BCUT2D eigenvalue weighted by Crippen LogP contribution is 1.98. The van der Waals surface area contributed by atoms with Crippen molar-refractivity contribution in [3.8, 4) is 0 Å². The highest BCUT2D eigenvalue weighted by atomic mass is 35.5. The average Bonchev–Trinajstić information content (AvgIpc) is 1.65. The number of halogens is 2. The lowest BCUT2D eigenvalue weighted by Crippen LogP contribution is -1.94. The van der Waals surface area contributed by atoms with E-state index in [1.165, 1.54) is 0 Å². The molecule has 6 heavy (non-hydrogen) atoms. The summed E-state index contributed by atoms with van der Waals surface area (Å²) in [4.78, 5) is 0. The third-order valence-electron chi connectivity index (χ3n) is 0.527. The Kier molecular flexibility index (Phi) is 4.12. The van der Waals surface area contributed by atoms with E-state index in [9.17, 15) is 0 Å². The predicted octanol–water partition coefficient (Wildman–Crippen LogP) is 2.10. The van der Waals surface area contributed by atoms with E-state index in [4.69, 9.17) is 23.2 Å². The molecule has 0 saturated heterocycles. The highest BCUT2D eigenvalue weighted by Gasteiger charge is 1.92. The Hall–Kier alpha value is 0.580. The Morgan fingerprint density at radius 2 is 1.67 bits per heavy atom. The van der Waals surface area contributed by atoms with Crippen molar-refractivity contribution in [1.82, 2.24) is 0 Å². The first-order valence-corrected chi connectivity index (χ1v) is 3.00. The summed E-state index contributed by atoms with van der Waals surface area (Å²) in [6, 6.07) is 0. The third kappa shape index (κ3) is 2.80. The number of alkyl halides is 2. The number of hydrogen-bond donors (Lipinski definition) is 0. The fourth-order valence-corrected chi connectivity index (χ4v) is 0.371. The van der Waals surface area contributed by atoms with Crippen LogP contribution in [0.1, 0.15) is 6.92 Å². The summed E-state index contributed by atoms with van der Waals surface area (Å²) >= 11 is 10.7. The van der Waals surface area contributed by atoms with E-state index in [-0.39, 0.29) is 0 Å². The molecule has 0 aromatic carbocycles. The first kappa shape index (κ1) is 6.58. The minimum Gasteiger partial charge on any atom is -0.126 e. The minimum atomic E-state index is 0.466. The van der Waals surface area contributed by atoms with E-state index in [0.717, 1.165) is 0 Å². The lowest BCUT2D eigenvalue weighted by atomic mass is 10.3. The second-order valence-electron chi connectivity index (χ2n) is 1.41. The van der Waals surface area contributed by atoms with E-state index in [2.05, 4.69) is 0 Å². The average molecular weight is 127 g/mol. The lowest BCUT2D eigenvalue weighted by molar-refractivity contribution is 0.754. The van der Waals surface area contributed by atoms with Crippen molar-refractivity contribution in [2.45, 2.75) is 6.92 Å². The molecule has 0 fully saturated rings. The van der Waals surface area contributed by atoms with Gasteiger partial charge in [-0.2, -0.15) is 0 Å².